The lowest BCUT2D eigenvalue weighted by molar-refractivity contribution is -0.137. The largest absolute Gasteiger partial charge is 0.481 e. The second kappa shape index (κ2) is 7.45. The van der Waals surface area contributed by atoms with Crippen LogP contribution in [-0.2, 0) is 4.79 Å². The molecule has 0 aliphatic carbocycles. The molecule has 7 nitrogen and oxygen atoms in total. The van der Waals surface area contributed by atoms with Crippen LogP contribution in [0.5, 0.6) is 0 Å². The Hall–Kier alpha value is -0.990. The number of hydrogen-bond donors (Lipinski definition) is 5. The minimum atomic E-state index is -0.729. The summed E-state index contributed by atoms with van der Waals surface area (Å²) < 4.78 is 0. The van der Waals surface area contributed by atoms with Crippen molar-refractivity contribution in [3.8, 4) is 0 Å². The van der Waals surface area contributed by atoms with Crippen molar-refractivity contribution in [1.82, 2.24) is 10.6 Å². The van der Waals surface area contributed by atoms with Crippen LogP contribution < -0.4 is 22.3 Å². The van der Waals surface area contributed by atoms with Gasteiger partial charge in [0.1, 0.15) is 0 Å². The lowest BCUT2D eigenvalue weighted by Gasteiger charge is -2.16. The van der Waals surface area contributed by atoms with Crippen molar-refractivity contribution in [2.24, 2.45) is 11.7 Å². The molecule has 0 bridgehead atoms. The van der Waals surface area contributed by atoms with Crippen molar-refractivity contribution < 1.29 is 14.7 Å². The third kappa shape index (κ3) is 4.04. The van der Waals surface area contributed by atoms with Crippen LogP contribution in [0, 0.1) is 0 Å². The van der Waals surface area contributed by atoms with Crippen molar-refractivity contribution in [2.45, 2.75) is 43.0 Å². The van der Waals surface area contributed by atoms with E-state index < -0.39 is 5.97 Å². The zero-order chi connectivity index (χ0) is 13.5. The summed E-state index contributed by atoms with van der Waals surface area (Å²) in [6.45, 7) is 0. The van der Waals surface area contributed by atoms with E-state index in [1.54, 1.807) is 0 Å². The van der Waals surface area contributed by atoms with Crippen molar-refractivity contribution in [2.75, 3.05) is 5.75 Å². The Labute approximate surface area is 110 Å². The number of nitrogens with one attached hydrogen (secondary N) is 2. The van der Waals surface area contributed by atoms with Gasteiger partial charge in [-0.1, -0.05) is 6.42 Å². The number of carboxylic acids is 1. The Kier molecular flexibility index (Phi) is 6.23. The minimum Gasteiger partial charge on any atom is -0.481 e. The molecule has 0 spiro atoms. The maximum Gasteiger partial charge on any atom is 0.315 e. The number of hydrogen-bond acceptors (Lipinski definition) is 5. The first-order chi connectivity index (χ1) is 8.66. The van der Waals surface area contributed by atoms with Crippen LogP contribution in [0.25, 0.3) is 0 Å². The molecular formula is C10H20N4O3S. The highest BCUT2D eigenvalue weighted by molar-refractivity contribution is 8.00. The van der Waals surface area contributed by atoms with E-state index in [1.807, 2.05) is 11.8 Å². The van der Waals surface area contributed by atoms with Crippen molar-refractivity contribution >= 4 is 23.8 Å². The van der Waals surface area contributed by atoms with Gasteiger partial charge in [-0.25, -0.2) is 4.79 Å². The third-order valence-corrected chi connectivity index (χ3v) is 4.58. The van der Waals surface area contributed by atoms with Gasteiger partial charge in [0, 0.05) is 17.4 Å². The molecule has 3 atom stereocenters. The van der Waals surface area contributed by atoms with Gasteiger partial charge < -0.3 is 15.7 Å². The Morgan fingerprint density at radius 2 is 2.11 bits per heavy atom. The number of carbonyl (C=O) groups is 2. The Bertz CT molecular complexity index is 303. The van der Waals surface area contributed by atoms with Gasteiger partial charge in [0.2, 0.25) is 0 Å². The average Bonchev–Trinajstić information content (AvgIpc) is 2.87. The van der Waals surface area contributed by atoms with Gasteiger partial charge in [0.15, 0.2) is 0 Å². The number of amides is 2. The molecule has 2 fully saturated rings. The molecule has 0 aromatic rings. The predicted molar refractivity (Wildman–Crippen MR) is 70.0 cm³/mol. The molecule has 2 amide bonds. The first kappa shape index (κ1) is 15.1. The molecule has 0 saturated carbocycles. The standard InChI is InChI=1S/C10H16N2O3S.H4N2/c13-8(14)4-2-1-3-7-9-6(5-16-7)11-10(15)12-9;1-2/h6-7,9H,1-5H2,(H,13,14)(H2,11,12,15);1-2H2/t6-,7-,9-;/m0./s1. The Balaban J connectivity index is 0.000000771. The highest BCUT2D eigenvalue weighted by Crippen LogP contribution is 2.33. The number of unbranched alkanes of at least 4 members (excludes halogenated alkanes) is 1. The van der Waals surface area contributed by atoms with Gasteiger partial charge in [-0.05, 0) is 12.8 Å². The molecule has 0 aromatic heterocycles. The normalized spacial score (nSPS) is 28.8. The lowest BCUT2D eigenvalue weighted by atomic mass is 10.0. The van der Waals surface area contributed by atoms with Crippen LogP contribution in [0.1, 0.15) is 25.7 Å². The van der Waals surface area contributed by atoms with Crippen LogP contribution in [0.3, 0.4) is 0 Å². The van der Waals surface area contributed by atoms with E-state index in [0.29, 0.717) is 5.25 Å². The quantitative estimate of drug-likeness (QED) is 0.201. The van der Waals surface area contributed by atoms with E-state index in [9.17, 15) is 9.59 Å². The minimum absolute atomic E-state index is 0.0640. The van der Waals surface area contributed by atoms with Gasteiger partial charge in [-0.15, -0.1) is 0 Å². The second-order valence-electron chi connectivity index (χ2n) is 4.26. The fraction of sp³-hybridized carbons (Fsp3) is 0.800. The van der Waals surface area contributed by atoms with Crippen LogP contribution in [0.2, 0.25) is 0 Å². The number of carboxylic acid groups (broad SMARTS) is 1. The molecular weight excluding hydrogens is 256 g/mol. The summed E-state index contributed by atoms with van der Waals surface area (Å²) in [6.07, 6.45) is 2.88. The zero-order valence-corrected chi connectivity index (χ0v) is 10.9. The van der Waals surface area contributed by atoms with E-state index in [2.05, 4.69) is 22.3 Å². The second-order valence-corrected chi connectivity index (χ2v) is 5.53. The number of thioether (sulfide) groups is 1. The summed E-state index contributed by atoms with van der Waals surface area (Å²) in [7, 11) is 0. The molecule has 8 heteroatoms. The number of hydrazine groups is 1. The van der Waals surface area contributed by atoms with Crippen molar-refractivity contribution in [3.05, 3.63) is 0 Å². The monoisotopic (exact) mass is 276 g/mol. The highest BCUT2D eigenvalue weighted by Gasteiger charge is 2.42. The summed E-state index contributed by atoms with van der Waals surface area (Å²) in [5, 5.41) is 14.8. The van der Waals surface area contributed by atoms with Gasteiger partial charge in [0.05, 0.1) is 12.1 Å². The molecule has 0 radical (unpaired) electrons. The summed E-state index contributed by atoms with van der Waals surface area (Å²) >= 11 is 1.87. The smallest absolute Gasteiger partial charge is 0.315 e. The van der Waals surface area contributed by atoms with E-state index in [4.69, 9.17) is 5.11 Å². The fourth-order valence-corrected chi connectivity index (χ4v) is 3.81. The molecule has 104 valence electrons. The van der Waals surface area contributed by atoms with Gasteiger partial charge in [-0.3, -0.25) is 16.5 Å². The molecule has 2 aliphatic heterocycles. The molecule has 2 rings (SSSR count). The summed E-state index contributed by atoms with van der Waals surface area (Å²) in [5.74, 6) is 8.24. The molecule has 2 heterocycles. The molecule has 0 unspecified atom stereocenters. The number of rotatable bonds is 5. The van der Waals surface area contributed by atoms with Crippen LogP contribution >= 0.6 is 11.8 Å². The SMILES string of the molecule is NN.O=C(O)CCCC[C@@H]1SC[C@@H]2NC(=O)N[C@@H]21. The summed E-state index contributed by atoms with van der Waals surface area (Å²) in [6, 6.07) is 0.440. The van der Waals surface area contributed by atoms with Crippen LogP contribution in [-0.4, -0.2) is 40.2 Å². The molecule has 2 aliphatic rings. The zero-order valence-electron chi connectivity index (χ0n) is 10.1. The number of nitrogens with two attached hydrogens (primary N) is 2. The number of carbonyl (C=O) groups excluding carboxylic acids is 1. The summed E-state index contributed by atoms with van der Waals surface area (Å²) in [4.78, 5) is 21.5. The highest BCUT2D eigenvalue weighted by atomic mass is 32.2. The first-order valence-corrected chi connectivity index (χ1v) is 6.95. The predicted octanol–water partition coefficient (Wildman–Crippen LogP) is -0.384. The molecule has 18 heavy (non-hydrogen) atoms. The number of fused-ring (bicyclic) bond motifs is 1. The Morgan fingerprint density at radius 1 is 1.39 bits per heavy atom. The van der Waals surface area contributed by atoms with E-state index in [0.717, 1.165) is 25.0 Å². The van der Waals surface area contributed by atoms with Gasteiger partial charge in [0.25, 0.3) is 0 Å². The van der Waals surface area contributed by atoms with E-state index >= 15 is 0 Å². The lowest BCUT2D eigenvalue weighted by Crippen LogP contribution is -2.36. The van der Waals surface area contributed by atoms with Gasteiger partial charge >= 0.3 is 12.0 Å². The number of urea groups is 1. The topological polar surface area (TPSA) is 130 Å². The maximum atomic E-state index is 11.1. The fourth-order valence-electron chi connectivity index (χ4n) is 2.26. The van der Waals surface area contributed by atoms with E-state index in [1.165, 1.54) is 0 Å². The average molecular weight is 276 g/mol. The van der Waals surface area contributed by atoms with E-state index in [-0.39, 0.29) is 24.5 Å². The first-order valence-electron chi connectivity index (χ1n) is 5.90. The third-order valence-electron chi connectivity index (χ3n) is 3.07. The Morgan fingerprint density at radius 3 is 2.78 bits per heavy atom. The molecule has 2 saturated heterocycles. The molecule has 0 aromatic carbocycles. The van der Waals surface area contributed by atoms with Crippen LogP contribution in [0.15, 0.2) is 0 Å². The van der Waals surface area contributed by atoms with Gasteiger partial charge in [-0.2, -0.15) is 11.8 Å². The maximum absolute atomic E-state index is 11.1. The van der Waals surface area contributed by atoms with Crippen molar-refractivity contribution in [1.29, 1.82) is 0 Å². The number of aliphatic carboxylic acids is 1. The van der Waals surface area contributed by atoms with Crippen molar-refractivity contribution in [3.63, 3.8) is 0 Å². The summed E-state index contributed by atoms with van der Waals surface area (Å²) in [5.41, 5.74) is 0. The molecule has 7 N–H and O–H groups in total. The van der Waals surface area contributed by atoms with Crippen LogP contribution in [0.4, 0.5) is 4.79 Å².